The van der Waals surface area contributed by atoms with Gasteiger partial charge in [-0.3, -0.25) is 4.18 Å². The lowest BCUT2D eigenvalue weighted by Gasteiger charge is -2.21. The molecule has 0 aliphatic carbocycles. The second-order valence-electron chi connectivity index (χ2n) is 4.09. The number of nitriles is 1. The Hall–Kier alpha value is -1.38. The highest BCUT2D eigenvalue weighted by Crippen LogP contribution is 2.21. The highest BCUT2D eigenvalue weighted by atomic mass is 32.2. The SMILES string of the molecule is N#Cc1ccc(CC2CCCOS2(=O)=O)cc1. The summed E-state index contributed by atoms with van der Waals surface area (Å²) in [5, 5.41) is 8.21. The van der Waals surface area contributed by atoms with Crippen molar-refractivity contribution in [2.45, 2.75) is 24.5 Å². The molecule has 5 heteroatoms. The van der Waals surface area contributed by atoms with E-state index in [-0.39, 0.29) is 0 Å². The van der Waals surface area contributed by atoms with Gasteiger partial charge in [-0.15, -0.1) is 0 Å². The Kier molecular flexibility index (Phi) is 3.46. The molecule has 90 valence electrons. The molecule has 1 heterocycles. The molecule has 0 amide bonds. The van der Waals surface area contributed by atoms with Crippen molar-refractivity contribution >= 4 is 10.1 Å². The molecule has 0 N–H and O–H groups in total. The second-order valence-corrected chi connectivity index (χ2v) is 5.98. The van der Waals surface area contributed by atoms with Crippen LogP contribution >= 0.6 is 0 Å². The Labute approximate surface area is 101 Å². The first kappa shape index (κ1) is 12.1. The van der Waals surface area contributed by atoms with Crippen molar-refractivity contribution in [3.05, 3.63) is 35.4 Å². The fourth-order valence-corrected chi connectivity index (χ4v) is 3.30. The van der Waals surface area contributed by atoms with E-state index in [0.29, 0.717) is 25.0 Å². The van der Waals surface area contributed by atoms with Gasteiger partial charge < -0.3 is 0 Å². The maximum atomic E-state index is 11.6. The molecule has 1 fully saturated rings. The summed E-state index contributed by atoms with van der Waals surface area (Å²) in [6, 6.07) is 9.02. The van der Waals surface area contributed by atoms with Crippen LogP contribution in [0.3, 0.4) is 0 Å². The third-order valence-corrected chi connectivity index (χ3v) is 4.59. The predicted molar refractivity (Wildman–Crippen MR) is 62.8 cm³/mol. The molecule has 0 aromatic heterocycles. The van der Waals surface area contributed by atoms with Crippen LogP contribution in [-0.4, -0.2) is 20.3 Å². The highest BCUT2D eigenvalue weighted by molar-refractivity contribution is 7.87. The van der Waals surface area contributed by atoms with E-state index >= 15 is 0 Å². The Balaban J connectivity index is 2.12. The van der Waals surface area contributed by atoms with Crippen LogP contribution in [0.15, 0.2) is 24.3 Å². The highest BCUT2D eigenvalue weighted by Gasteiger charge is 2.29. The van der Waals surface area contributed by atoms with Crippen molar-refractivity contribution in [1.82, 2.24) is 0 Å². The zero-order valence-corrected chi connectivity index (χ0v) is 10.1. The zero-order valence-electron chi connectivity index (χ0n) is 9.30. The smallest absolute Gasteiger partial charge is 0.270 e. The molecule has 1 atom stereocenters. The topological polar surface area (TPSA) is 67.2 Å². The van der Waals surface area contributed by atoms with Crippen molar-refractivity contribution in [3.8, 4) is 6.07 Å². The molecule has 4 nitrogen and oxygen atoms in total. The first-order valence-corrected chi connectivity index (χ1v) is 6.96. The van der Waals surface area contributed by atoms with Crippen LogP contribution in [0.2, 0.25) is 0 Å². The van der Waals surface area contributed by atoms with Crippen LogP contribution in [0.5, 0.6) is 0 Å². The summed E-state index contributed by atoms with van der Waals surface area (Å²) in [6.45, 7) is 0.298. The Morgan fingerprint density at radius 1 is 1.35 bits per heavy atom. The summed E-state index contributed by atoms with van der Waals surface area (Å²) in [5.74, 6) is 0. The van der Waals surface area contributed by atoms with Gasteiger partial charge in [0.05, 0.1) is 23.5 Å². The van der Waals surface area contributed by atoms with E-state index < -0.39 is 15.4 Å². The predicted octanol–water partition coefficient (Wildman–Crippen LogP) is 1.61. The van der Waals surface area contributed by atoms with Gasteiger partial charge in [-0.1, -0.05) is 12.1 Å². The molecule has 1 saturated heterocycles. The standard InChI is InChI=1S/C12H13NO3S/c13-9-11-5-3-10(4-6-11)8-12-2-1-7-16-17(12,14)15/h3-6,12H,1-2,7-8H2. The summed E-state index contributed by atoms with van der Waals surface area (Å²) in [7, 11) is -3.40. The van der Waals surface area contributed by atoms with Crippen molar-refractivity contribution in [2.75, 3.05) is 6.61 Å². The Bertz CT molecular complexity index is 528. The number of rotatable bonds is 2. The minimum absolute atomic E-state index is 0.298. The lowest BCUT2D eigenvalue weighted by Crippen LogP contribution is -2.30. The maximum absolute atomic E-state index is 11.6. The minimum Gasteiger partial charge on any atom is -0.270 e. The van der Waals surface area contributed by atoms with Gasteiger partial charge in [-0.05, 0) is 37.0 Å². The number of hydrogen-bond acceptors (Lipinski definition) is 4. The third-order valence-electron chi connectivity index (χ3n) is 2.87. The van der Waals surface area contributed by atoms with Crippen LogP contribution in [0.25, 0.3) is 0 Å². The zero-order chi connectivity index (χ0) is 12.3. The number of benzene rings is 1. The number of nitrogens with zero attached hydrogens (tertiary/aromatic N) is 1. The van der Waals surface area contributed by atoms with E-state index in [1.54, 1.807) is 24.3 Å². The summed E-state index contributed by atoms with van der Waals surface area (Å²) in [4.78, 5) is 0. The fourth-order valence-electron chi connectivity index (χ4n) is 1.91. The van der Waals surface area contributed by atoms with E-state index in [0.717, 1.165) is 12.0 Å². The largest absolute Gasteiger partial charge is 0.270 e. The Morgan fingerprint density at radius 3 is 2.65 bits per heavy atom. The molecule has 0 saturated carbocycles. The molecule has 1 unspecified atom stereocenters. The van der Waals surface area contributed by atoms with Crippen LogP contribution in [0.4, 0.5) is 0 Å². The van der Waals surface area contributed by atoms with Crippen molar-refractivity contribution in [1.29, 1.82) is 5.26 Å². The molecular formula is C12H13NO3S. The summed E-state index contributed by atoms with van der Waals surface area (Å²) < 4.78 is 28.1. The number of hydrogen-bond donors (Lipinski definition) is 0. The molecule has 17 heavy (non-hydrogen) atoms. The average Bonchev–Trinajstić information content (AvgIpc) is 2.33. The monoisotopic (exact) mass is 251 g/mol. The third kappa shape index (κ3) is 2.84. The normalized spacial score (nSPS) is 22.9. The van der Waals surface area contributed by atoms with E-state index in [1.807, 2.05) is 6.07 Å². The van der Waals surface area contributed by atoms with E-state index in [9.17, 15) is 8.42 Å². The molecule has 1 aromatic carbocycles. The van der Waals surface area contributed by atoms with Gasteiger partial charge in [0.15, 0.2) is 0 Å². The Morgan fingerprint density at radius 2 is 2.06 bits per heavy atom. The van der Waals surface area contributed by atoms with E-state index in [4.69, 9.17) is 9.44 Å². The van der Waals surface area contributed by atoms with Crippen LogP contribution in [-0.2, 0) is 20.7 Å². The van der Waals surface area contributed by atoms with E-state index in [1.165, 1.54) is 0 Å². The van der Waals surface area contributed by atoms with Gasteiger partial charge in [-0.25, -0.2) is 0 Å². The maximum Gasteiger partial charge on any atom is 0.270 e. The van der Waals surface area contributed by atoms with Crippen molar-refractivity contribution < 1.29 is 12.6 Å². The second kappa shape index (κ2) is 4.86. The molecule has 1 aromatic rings. The van der Waals surface area contributed by atoms with E-state index in [2.05, 4.69) is 0 Å². The summed E-state index contributed by atoms with van der Waals surface area (Å²) >= 11 is 0. The fraction of sp³-hybridized carbons (Fsp3) is 0.417. The van der Waals surface area contributed by atoms with Crippen LogP contribution in [0.1, 0.15) is 24.0 Å². The molecule has 0 bridgehead atoms. The van der Waals surface area contributed by atoms with Gasteiger partial charge >= 0.3 is 0 Å². The first-order chi connectivity index (χ1) is 8.12. The van der Waals surface area contributed by atoms with Crippen LogP contribution in [0, 0.1) is 11.3 Å². The molecule has 1 aliphatic rings. The van der Waals surface area contributed by atoms with Gasteiger partial charge in [-0.2, -0.15) is 13.7 Å². The molecule has 1 aliphatic heterocycles. The van der Waals surface area contributed by atoms with Gasteiger partial charge in [0.1, 0.15) is 0 Å². The quantitative estimate of drug-likeness (QED) is 0.749. The van der Waals surface area contributed by atoms with Gasteiger partial charge in [0.25, 0.3) is 10.1 Å². The lowest BCUT2D eigenvalue weighted by molar-refractivity contribution is 0.274. The van der Waals surface area contributed by atoms with Gasteiger partial charge in [0.2, 0.25) is 0 Å². The molecule has 0 spiro atoms. The van der Waals surface area contributed by atoms with Crippen molar-refractivity contribution in [2.24, 2.45) is 0 Å². The lowest BCUT2D eigenvalue weighted by atomic mass is 10.1. The summed E-state index contributed by atoms with van der Waals surface area (Å²) in [6.07, 6.45) is 1.87. The average molecular weight is 251 g/mol. The molecular weight excluding hydrogens is 238 g/mol. The summed E-state index contributed by atoms with van der Waals surface area (Å²) in [5.41, 5.74) is 1.50. The molecule has 2 rings (SSSR count). The minimum atomic E-state index is -3.40. The van der Waals surface area contributed by atoms with Crippen LogP contribution < -0.4 is 0 Å². The molecule has 0 radical (unpaired) electrons. The van der Waals surface area contributed by atoms with Gasteiger partial charge in [0, 0.05) is 0 Å². The van der Waals surface area contributed by atoms with Crippen molar-refractivity contribution in [3.63, 3.8) is 0 Å². The first-order valence-electron chi connectivity index (χ1n) is 5.49.